The van der Waals surface area contributed by atoms with Gasteiger partial charge in [-0.1, -0.05) is 0 Å². The summed E-state index contributed by atoms with van der Waals surface area (Å²) in [5, 5.41) is 0.847. The van der Waals surface area contributed by atoms with Gasteiger partial charge in [-0.15, -0.1) is 0 Å². The standard InChI is InChI=1S/C8H10N4O/c1-13-4-6-11-7(9)5-2-3-10-8(5)12-6/h2-3H,4H2,1H3,(H3,9,10,11,12). The number of ether oxygens (including phenoxy) is 1. The molecular weight excluding hydrogens is 168 g/mol. The molecule has 0 spiro atoms. The molecule has 0 atom stereocenters. The zero-order valence-corrected chi connectivity index (χ0v) is 7.24. The Kier molecular flexibility index (Phi) is 1.86. The molecule has 0 aromatic carbocycles. The molecule has 5 heteroatoms. The van der Waals surface area contributed by atoms with Crippen molar-refractivity contribution in [3.05, 3.63) is 18.1 Å². The average molecular weight is 178 g/mol. The maximum Gasteiger partial charge on any atom is 0.158 e. The van der Waals surface area contributed by atoms with Crippen LogP contribution in [0.15, 0.2) is 12.3 Å². The van der Waals surface area contributed by atoms with Gasteiger partial charge in [-0.2, -0.15) is 0 Å². The van der Waals surface area contributed by atoms with Crippen molar-refractivity contribution in [2.24, 2.45) is 0 Å². The SMILES string of the molecule is COCc1nc(N)c2cc[nH]c2n1. The van der Waals surface area contributed by atoms with E-state index in [1.165, 1.54) is 0 Å². The average Bonchev–Trinajstić information content (AvgIpc) is 2.53. The maximum absolute atomic E-state index is 5.71. The number of H-pyrrole nitrogens is 1. The van der Waals surface area contributed by atoms with Crippen molar-refractivity contribution in [1.82, 2.24) is 15.0 Å². The predicted octanol–water partition coefficient (Wildman–Crippen LogP) is 0.687. The van der Waals surface area contributed by atoms with Crippen LogP contribution in [-0.4, -0.2) is 22.1 Å². The van der Waals surface area contributed by atoms with Crippen molar-refractivity contribution in [3.8, 4) is 0 Å². The number of hydrogen-bond donors (Lipinski definition) is 2. The lowest BCUT2D eigenvalue weighted by atomic mass is 10.4. The van der Waals surface area contributed by atoms with E-state index in [0.717, 1.165) is 11.0 Å². The zero-order chi connectivity index (χ0) is 9.26. The molecule has 0 aliphatic rings. The summed E-state index contributed by atoms with van der Waals surface area (Å²) in [6, 6.07) is 1.85. The number of aromatic nitrogens is 3. The number of hydrogen-bond acceptors (Lipinski definition) is 4. The molecule has 5 nitrogen and oxygen atoms in total. The Balaban J connectivity index is 2.56. The first-order valence-corrected chi connectivity index (χ1v) is 3.89. The molecule has 2 rings (SSSR count). The van der Waals surface area contributed by atoms with Crippen molar-refractivity contribution in [3.63, 3.8) is 0 Å². The summed E-state index contributed by atoms with van der Waals surface area (Å²) in [5.41, 5.74) is 6.45. The molecule has 0 radical (unpaired) electrons. The molecule has 13 heavy (non-hydrogen) atoms. The van der Waals surface area contributed by atoms with Gasteiger partial charge in [-0.25, -0.2) is 9.97 Å². The number of nitrogens with zero attached hydrogens (tertiary/aromatic N) is 2. The lowest BCUT2D eigenvalue weighted by Gasteiger charge is -2.00. The monoisotopic (exact) mass is 178 g/mol. The minimum Gasteiger partial charge on any atom is -0.383 e. The molecule has 68 valence electrons. The van der Waals surface area contributed by atoms with E-state index in [0.29, 0.717) is 18.2 Å². The zero-order valence-electron chi connectivity index (χ0n) is 7.24. The Morgan fingerprint density at radius 3 is 3.15 bits per heavy atom. The van der Waals surface area contributed by atoms with Crippen molar-refractivity contribution >= 4 is 16.9 Å². The van der Waals surface area contributed by atoms with Crippen LogP contribution in [0.4, 0.5) is 5.82 Å². The summed E-state index contributed by atoms with van der Waals surface area (Å²) >= 11 is 0. The van der Waals surface area contributed by atoms with Gasteiger partial charge in [0.25, 0.3) is 0 Å². The molecule has 2 aromatic heterocycles. The Morgan fingerprint density at radius 2 is 2.38 bits per heavy atom. The number of rotatable bonds is 2. The summed E-state index contributed by atoms with van der Waals surface area (Å²) in [6.45, 7) is 0.374. The third-order valence-electron chi connectivity index (χ3n) is 1.76. The van der Waals surface area contributed by atoms with E-state index >= 15 is 0 Å². The van der Waals surface area contributed by atoms with Crippen LogP contribution in [0, 0.1) is 0 Å². The predicted molar refractivity (Wildman–Crippen MR) is 49.0 cm³/mol. The van der Waals surface area contributed by atoms with E-state index in [2.05, 4.69) is 15.0 Å². The first-order valence-electron chi connectivity index (χ1n) is 3.89. The summed E-state index contributed by atoms with van der Waals surface area (Å²) in [4.78, 5) is 11.3. The third kappa shape index (κ3) is 1.33. The highest BCUT2D eigenvalue weighted by Gasteiger charge is 2.04. The van der Waals surface area contributed by atoms with Gasteiger partial charge >= 0.3 is 0 Å². The molecule has 0 unspecified atom stereocenters. The minimum absolute atomic E-state index is 0.374. The number of aromatic amines is 1. The van der Waals surface area contributed by atoms with Crippen molar-refractivity contribution < 1.29 is 4.74 Å². The first-order chi connectivity index (χ1) is 6.31. The molecule has 0 amide bonds. The number of methoxy groups -OCH3 is 1. The van der Waals surface area contributed by atoms with Crippen LogP contribution in [0.1, 0.15) is 5.82 Å². The van der Waals surface area contributed by atoms with E-state index < -0.39 is 0 Å². The molecule has 0 fully saturated rings. The molecule has 2 aromatic rings. The lowest BCUT2D eigenvalue weighted by Crippen LogP contribution is -2.01. The topological polar surface area (TPSA) is 76.8 Å². The maximum atomic E-state index is 5.71. The Labute approximate surface area is 74.9 Å². The Morgan fingerprint density at radius 1 is 1.54 bits per heavy atom. The summed E-state index contributed by atoms with van der Waals surface area (Å²) in [7, 11) is 1.60. The van der Waals surface area contributed by atoms with Gasteiger partial charge in [0.15, 0.2) is 5.82 Å². The minimum atomic E-state index is 0.374. The summed E-state index contributed by atoms with van der Waals surface area (Å²) in [6.07, 6.45) is 1.78. The number of anilines is 1. The van der Waals surface area contributed by atoms with Gasteiger partial charge in [0.2, 0.25) is 0 Å². The lowest BCUT2D eigenvalue weighted by molar-refractivity contribution is 0.178. The van der Waals surface area contributed by atoms with E-state index in [9.17, 15) is 0 Å². The van der Waals surface area contributed by atoms with Crippen LogP contribution in [0.2, 0.25) is 0 Å². The van der Waals surface area contributed by atoms with Crippen LogP contribution < -0.4 is 5.73 Å². The molecule has 0 saturated carbocycles. The van der Waals surface area contributed by atoms with Gasteiger partial charge in [0.1, 0.15) is 18.1 Å². The Hall–Kier alpha value is -1.62. The largest absolute Gasteiger partial charge is 0.383 e. The molecule has 0 aliphatic heterocycles. The van der Waals surface area contributed by atoms with Crippen LogP contribution in [-0.2, 0) is 11.3 Å². The van der Waals surface area contributed by atoms with Gasteiger partial charge in [0, 0.05) is 13.3 Å². The molecule has 0 bridgehead atoms. The second-order valence-electron chi connectivity index (χ2n) is 2.70. The highest BCUT2D eigenvalue weighted by Crippen LogP contribution is 2.15. The van der Waals surface area contributed by atoms with E-state index in [1.807, 2.05) is 6.07 Å². The molecule has 0 aliphatic carbocycles. The second-order valence-corrected chi connectivity index (χ2v) is 2.70. The Bertz CT molecular complexity index is 423. The summed E-state index contributed by atoms with van der Waals surface area (Å²) in [5.74, 6) is 1.08. The quantitative estimate of drug-likeness (QED) is 0.709. The van der Waals surface area contributed by atoms with E-state index in [4.69, 9.17) is 10.5 Å². The van der Waals surface area contributed by atoms with Crippen LogP contribution in [0.25, 0.3) is 11.0 Å². The van der Waals surface area contributed by atoms with Crippen molar-refractivity contribution in [1.29, 1.82) is 0 Å². The normalized spacial score (nSPS) is 10.8. The van der Waals surface area contributed by atoms with Gasteiger partial charge < -0.3 is 15.5 Å². The highest BCUT2D eigenvalue weighted by molar-refractivity contribution is 5.85. The first kappa shape index (κ1) is 8.00. The fourth-order valence-corrected chi connectivity index (χ4v) is 1.21. The van der Waals surface area contributed by atoms with Gasteiger partial charge in [-0.3, -0.25) is 0 Å². The van der Waals surface area contributed by atoms with Gasteiger partial charge in [-0.05, 0) is 6.07 Å². The molecular formula is C8H10N4O. The second kappa shape index (κ2) is 3.02. The molecule has 2 heterocycles. The van der Waals surface area contributed by atoms with Gasteiger partial charge in [0.05, 0.1) is 5.39 Å². The summed E-state index contributed by atoms with van der Waals surface area (Å²) < 4.78 is 4.91. The molecule has 0 saturated heterocycles. The highest BCUT2D eigenvalue weighted by atomic mass is 16.5. The fourth-order valence-electron chi connectivity index (χ4n) is 1.21. The smallest absolute Gasteiger partial charge is 0.158 e. The van der Waals surface area contributed by atoms with Crippen LogP contribution in [0.5, 0.6) is 0 Å². The van der Waals surface area contributed by atoms with Crippen molar-refractivity contribution in [2.45, 2.75) is 6.61 Å². The van der Waals surface area contributed by atoms with Crippen LogP contribution in [0.3, 0.4) is 0 Å². The number of nitrogen functional groups attached to an aromatic ring is 1. The van der Waals surface area contributed by atoms with E-state index in [1.54, 1.807) is 13.3 Å². The van der Waals surface area contributed by atoms with Crippen LogP contribution >= 0.6 is 0 Å². The third-order valence-corrected chi connectivity index (χ3v) is 1.76. The van der Waals surface area contributed by atoms with E-state index in [-0.39, 0.29) is 0 Å². The molecule has 3 N–H and O–H groups in total. The fraction of sp³-hybridized carbons (Fsp3) is 0.250. The number of nitrogens with two attached hydrogens (primary N) is 1. The number of fused-ring (bicyclic) bond motifs is 1. The van der Waals surface area contributed by atoms with Crippen molar-refractivity contribution in [2.75, 3.05) is 12.8 Å². The number of nitrogens with one attached hydrogen (secondary N) is 1.